The first-order valence-electron chi connectivity index (χ1n) is 4.81. The minimum absolute atomic E-state index is 0.447. The lowest BCUT2D eigenvalue weighted by atomic mass is 10.0. The Balaban J connectivity index is 2.48. The summed E-state index contributed by atoms with van der Waals surface area (Å²) in [5.74, 6) is 0. The number of amides is 1. The molecule has 0 bridgehead atoms. The fraction of sp³-hybridized carbons (Fsp3) is 0.364. The highest BCUT2D eigenvalue weighted by molar-refractivity contribution is 5.64. The van der Waals surface area contributed by atoms with Gasteiger partial charge in [0.25, 0.3) is 0 Å². The molecule has 0 aromatic heterocycles. The molecule has 3 N–H and O–H groups in total. The Kier molecular flexibility index (Phi) is 4.12. The molecule has 0 saturated carbocycles. The summed E-state index contributed by atoms with van der Waals surface area (Å²) >= 11 is 0. The van der Waals surface area contributed by atoms with Crippen LogP contribution < -0.4 is 5.32 Å². The summed E-state index contributed by atoms with van der Waals surface area (Å²) in [6.07, 6.45) is -1.37. The second-order valence-electron chi connectivity index (χ2n) is 3.50. The average molecular weight is 209 g/mol. The van der Waals surface area contributed by atoms with Crippen LogP contribution >= 0.6 is 0 Å². The molecule has 1 rings (SSSR count). The van der Waals surface area contributed by atoms with Crippen molar-refractivity contribution in [1.82, 2.24) is 5.32 Å². The molecule has 1 aromatic carbocycles. The van der Waals surface area contributed by atoms with E-state index in [4.69, 9.17) is 5.11 Å². The minimum Gasteiger partial charge on any atom is -0.465 e. The maximum atomic E-state index is 10.3. The molecule has 0 fully saturated rings. The Hall–Kier alpha value is -1.55. The zero-order chi connectivity index (χ0) is 11.3. The standard InChI is InChI=1S/C11H15NO3/c1-8(12-11(14)15)10(13)7-9-5-3-2-4-6-9/h2-6,8,10,12-13H,7H2,1H3,(H,14,15)/t8?,10-/m1/s1. The molecule has 0 saturated heterocycles. The first-order valence-corrected chi connectivity index (χ1v) is 4.81. The lowest BCUT2D eigenvalue weighted by Crippen LogP contribution is -2.41. The van der Waals surface area contributed by atoms with E-state index >= 15 is 0 Å². The first kappa shape index (κ1) is 11.5. The van der Waals surface area contributed by atoms with Crippen molar-refractivity contribution >= 4 is 6.09 Å². The van der Waals surface area contributed by atoms with Gasteiger partial charge < -0.3 is 15.5 Å². The summed E-state index contributed by atoms with van der Waals surface area (Å²) in [7, 11) is 0. The first-order chi connectivity index (χ1) is 7.09. The Labute approximate surface area is 88.6 Å². The number of carbonyl (C=O) groups is 1. The fourth-order valence-corrected chi connectivity index (χ4v) is 1.32. The SMILES string of the molecule is CC(NC(=O)O)[C@H](O)Cc1ccccc1. The van der Waals surface area contributed by atoms with Crippen LogP contribution in [0.1, 0.15) is 12.5 Å². The number of aliphatic hydroxyl groups is 1. The third-order valence-electron chi connectivity index (χ3n) is 2.22. The number of hydrogen-bond acceptors (Lipinski definition) is 2. The quantitative estimate of drug-likeness (QED) is 0.699. The summed E-state index contributed by atoms with van der Waals surface area (Å²) in [5.41, 5.74) is 0.990. The van der Waals surface area contributed by atoms with Crippen molar-refractivity contribution in [3.63, 3.8) is 0 Å². The number of rotatable bonds is 4. The van der Waals surface area contributed by atoms with Crippen molar-refractivity contribution in [2.24, 2.45) is 0 Å². The monoisotopic (exact) mass is 209 g/mol. The highest BCUT2D eigenvalue weighted by Gasteiger charge is 2.16. The van der Waals surface area contributed by atoms with Crippen LogP contribution in [0.3, 0.4) is 0 Å². The minimum atomic E-state index is -1.12. The van der Waals surface area contributed by atoms with Crippen LogP contribution in [-0.2, 0) is 6.42 Å². The third-order valence-corrected chi connectivity index (χ3v) is 2.22. The van der Waals surface area contributed by atoms with E-state index in [0.29, 0.717) is 6.42 Å². The Morgan fingerprint density at radius 1 is 1.40 bits per heavy atom. The van der Waals surface area contributed by atoms with Crippen molar-refractivity contribution in [1.29, 1.82) is 0 Å². The fourth-order valence-electron chi connectivity index (χ4n) is 1.32. The van der Waals surface area contributed by atoms with Crippen LogP contribution in [0.25, 0.3) is 0 Å². The van der Waals surface area contributed by atoms with Gasteiger partial charge in [-0.05, 0) is 12.5 Å². The zero-order valence-corrected chi connectivity index (χ0v) is 8.55. The van der Waals surface area contributed by atoms with Crippen molar-refractivity contribution in [2.75, 3.05) is 0 Å². The van der Waals surface area contributed by atoms with Gasteiger partial charge in [0.2, 0.25) is 0 Å². The molecule has 0 radical (unpaired) electrons. The van der Waals surface area contributed by atoms with E-state index < -0.39 is 18.2 Å². The Morgan fingerprint density at radius 3 is 2.53 bits per heavy atom. The molecule has 1 unspecified atom stereocenters. The molecular formula is C11H15NO3. The van der Waals surface area contributed by atoms with E-state index in [0.717, 1.165) is 5.56 Å². The second kappa shape index (κ2) is 5.36. The lowest BCUT2D eigenvalue weighted by molar-refractivity contribution is 0.126. The largest absolute Gasteiger partial charge is 0.465 e. The van der Waals surface area contributed by atoms with Gasteiger partial charge in [0.05, 0.1) is 12.1 Å². The molecule has 4 nitrogen and oxygen atoms in total. The number of carboxylic acid groups (broad SMARTS) is 1. The van der Waals surface area contributed by atoms with Gasteiger partial charge in [-0.3, -0.25) is 0 Å². The summed E-state index contributed by atoms with van der Waals surface area (Å²) in [5, 5.41) is 20.4. The van der Waals surface area contributed by atoms with E-state index in [2.05, 4.69) is 5.32 Å². The zero-order valence-electron chi connectivity index (χ0n) is 8.55. The topological polar surface area (TPSA) is 69.6 Å². The number of nitrogens with one attached hydrogen (secondary N) is 1. The Bertz CT molecular complexity index is 313. The molecule has 1 amide bonds. The summed E-state index contributed by atoms with van der Waals surface area (Å²) in [4.78, 5) is 10.3. The summed E-state index contributed by atoms with van der Waals surface area (Å²) in [6.45, 7) is 1.64. The molecule has 0 aliphatic carbocycles. The maximum absolute atomic E-state index is 10.3. The van der Waals surface area contributed by atoms with Crippen LogP contribution in [0.2, 0.25) is 0 Å². The van der Waals surface area contributed by atoms with E-state index in [1.807, 2.05) is 30.3 Å². The second-order valence-corrected chi connectivity index (χ2v) is 3.50. The van der Waals surface area contributed by atoms with Crippen molar-refractivity contribution in [2.45, 2.75) is 25.5 Å². The van der Waals surface area contributed by atoms with E-state index in [1.165, 1.54) is 0 Å². The highest BCUT2D eigenvalue weighted by atomic mass is 16.4. The van der Waals surface area contributed by atoms with Crippen molar-refractivity contribution in [3.8, 4) is 0 Å². The van der Waals surface area contributed by atoms with Gasteiger partial charge in [0.1, 0.15) is 0 Å². The van der Waals surface area contributed by atoms with Crippen molar-refractivity contribution < 1.29 is 15.0 Å². The molecule has 0 spiro atoms. The molecular weight excluding hydrogens is 194 g/mol. The molecule has 0 heterocycles. The molecule has 82 valence electrons. The van der Waals surface area contributed by atoms with E-state index in [-0.39, 0.29) is 0 Å². The molecule has 2 atom stereocenters. The summed E-state index contributed by atoms with van der Waals surface area (Å²) < 4.78 is 0. The van der Waals surface area contributed by atoms with Crippen LogP contribution in [0.15, 0.2) is 30.3 Å². The van der Waals surface area contributed by atoms with Gasteiger partial charge in [-0.2, -0.15) is 0 Å². The van der Waals surface area contributed by atoms with Gasteiger partial charge in [-0.1, -0.05) is 30.3 Å². The van der Waals surface area contributed by atoms with Gasteiger partial charge in [-0.15, -0.1) is 0 Å². The van der Waals surface area contributed by atoms with Gasteiger partial charge >= 0.3 is 6.09 Å². The van der Waals surface area contributed by atoms with Gasteiger partial charge in [0, 0.05) is 6.42 Å². The van der Waals surface area contributed by atoms with Crippen molar-refractivity contribution in [3.05, 3.63) is 35.9 Å². The predicted molar refractivity (Wildman–Crippen MR) is 56.8 cm³/mol. The normalized spacial score (nSPS) is 14.3. The summed E-state index contributed by atoms with van der Waals surface area (Å²) in [6, 6.07) is 9.00. The van der Waals surface area contributed by atoms with Crippen LogP contribution in [-0.4, -0.2) is 28.5 Å². The van der Waals surface area contributed by atoms with Crippen LogP contribution in [0, 0.1) is 0 Å². The number of aliphatic hydroxyl groups excluding tert-OH is 1. The third kappa shape index (κ3) is 3.99. The number of benzene rings is 1. The highest BCUT2D eigenvalue weighted by Crippen LogP contribution is 2.05. The maximum Gasteiger partial charge on any atom is 0.404 e. The molecule has 0 aliphatic rings. The average Bonchev–Trinajstić information content (AvgIpc) is 2.18. The Morgan fingerprint density at radius 2 is 2.00 bits per heavy atom. The number of hydrogen-bond donors (Lipinski definition) is 3. The van der Waals surface area contributed by atoms with Gasteiger partial charge in [0.15, 0.2) is 0 Å². The van der Waals surface area contributed by atoms with Gasteiger partial charge in [-0.25, -0.2) is 4.79 Å². The molecule has 0 aliphatic heterocycles. The van der Waals surface area contributed by atoms with Crippen LogP contribution in [0.4, 0.5) is 4.79 Å². The predicted octanol–water partition coefficient (Wildman–Crippen LogP) is 1.25. The van der Waals surface area contributed by atoms with E-state index in [1.54, 1.807) is 6.92 Å². The molecule has 15 heavy (non-hydrogen) atoms. The smallest absolute Gasteiger partial charge is 0.404 e. The van der Waals surface area contributed by atoms with Crippen LogP contribution in [0.5, 0.6) is 0 Å². The lowest BCUT2D eigenvalue weighted by Gasteiger charge is -2.18. The molecule has 4 heteroatoms. The molecule has 1 aromatic rings. The van der Waals surface area contributed by atoms with E-state index in [9.17, 15) is 9.90 Å².